The second kappa shape index (κ2) is 18.9. The van der Waals surface area contributed by atoms with Crippen molar-refractivity contribution < 1.29 is 73.1 Å². The predicted octanol–water partition coefficient (Wildman–Crippen LogP) is -0.297. The van der Waals surface area contributed by atoms with Crippen LogP contribution in [0.15, 0.2) is 42.0 Å². The SMILES string of the molecule is CC(C)(C)OC(=O)CC[C@@H](CO)NC(=O)[C@H]1CCCN1C(=O)C1=C[C@H]2OCO[C@H]2[C@H](OC(=O)c2ccccc2C=CCO[C@H]2O[C@H](CO)[C@H](O)[C@H](O)[C@H]2O)C1. The van der Waals surface area contributed by atoms with Crippen LogP contribution in [0.25, 0.3) is 6.08 Å². The average molecular weight is 777 g/mol. The van der Waals surface area contributed by atoms with E-state index in [1.807, 2.05) is 0 Å². The molecule has 3 aliphatic heterocycles. The standard InChI is InChI=1S/C38H52N2O15/c1-38(2,3)55-29(43)13-12-23(18-41)39-34(47)25-11-6-14-40(25)35(48)22-16-26-33(52-20-51-26)27(17-22)53-36(49)24-10-5-4-8-21(24)9-7-15-50-37-32(46)31(45)30(44)28(19-42)54-37/h4-5,7-10,16,23,25-28,30-33,37,41-42,44-46H,6,11-15,17-20H2,1-3H3,(H,39,47)/t23-,25+,26+,27+,28+,30-,31-,32+,33+,37-/m0/s1. The van der Waals surface area contributed by atoms with Crippen molar-refractivity contribution >= 4 is 29.8 Å². The number of aliphatic hydroxyl groups excluding tert-OH is 5. The lowest BCUT2D eigenvalue weighted by atomic mass is 9.91. The van der Waals surface area contributed by atoms with Gasteiger partial charge < -0.3 is 64.2 Å². The smallest absolute Gasteiger partial charge is 0.339 e. The zero-order valence-electron chi connectivity index (χ0n) is 31.2. The molecule has 304 valence electrons. The molecule has 0 radical (unpaired) electrons. The highest BCUT2D eigenvalue weighted by molar-refractivity contribution is 5.98. The third-order valence-corrected chi connectivity index (χ3v) is 9.71. The van der Waals surface area contributed by atoms with E-state index in [-0.39, 0.29) is 38.2 Å². The van der Waals surface area contributed by atoms with Crippen molar-refractivity contribution in [2.45, 2.75) is 120 Å². The summed E-state index contributed by atoms with van der Waals surface area (Å²) in [5, 5.41) is 52.3. The van der Waals surface area contributed by atoms with Gasteiger partial charge in [0.15, 0.2) is 6.29 Å². The maximum absolute atomic E-state index is 14.0. The number of aliphatic hydroxyl groups is 5. The van der Waals surface area contributed by atoms with E-state index in [4.69, 9.17) is 28.4 Å². The van der Waals surface area contributed by atoms with E-state index in [0.29, 0.717) is 30.5 Å². The van der Waals surface area contributed by atoms with E-state index in [9.17, 15) is 44.7 Å². The van der Waals surface area contributed by atoms with Crippen LogP contribution in [0.1, 0.15) is 68.8 Å². The molecule has 2 amide bonds. The number of ether oxygens (including phenoxy) is 6. The maximum Gasteiger partial charge on any atom is 0.339 e. The summed E-state index contributed by atoms with van der Waals surface area (Å²) >= 11 is 0. The normalized spacial score (nSPS) is 30.1. The summed E-state index contributed by atoms with van der Waals surface area (Å²) in [6.45, 7) is 4.37. The molecular formula is C38H52N2O15. The molecule has 3 heterocycles. The average Bonchev–Trinajstić information content (AvgIpc) is 3.85. The largest absolute Gasteiger partial charge is 0.460 e. The van der Waals surface area contributed by atoms with Gasteiger partial charge in [-0.15, -0.1) is 0 Å². The van der Waals surface area contributed by atoms with Crippen LogP contribution in [0.4, 0.5) is 0 Å². The number of rotatable bonds is 14. The van der Waals surface area contributed by atoms with E-state index in [1.165, 1.54) is 4.90 Å². The number of carbonyl (C=O) groups excluding carboxylic acids is 4. The first kappa shape index (κ1) is 42.4. The van der Waals surface area contributed by atoms with Gasteiger partial charge >= 0.3 is 11.9 Å². The number of fused-ring (bicyclic) bond motifs is 1. The van der Waals surface area contributed by atoms with E-state index >= 15 is 0 Å². The molecule has 10 atom stereocenters. The third-order valence-electron chi connectivity index (χ3n) is 9.71. The first-order valence-corrected chi connectivity index (χ1v) is 18.5. The van der Waals surface area contributed by atoms with Crippen molar-refractivity contribution in [3.8, 4) is 0 Å². The molecule has 4 aliphatic rings. The van der Waals surface area contributed by atoms with Gasteiger partial charge in [0.1, 0.15) is 61.2 Å². The third kappa shape index (κ3) is 10.8. The van der Waals surface area contributed by atoms with Crippen LogP contribution in [0.2, 0.25) is 0 Å². The van der Waals surface area contributed by atoms with Crippen molar-refractivity contribution in [1.82, 2.24) is 10.2 Å². The van der Waals surface area contributed by atoms with Crippen LogP contribution in [0.5, 0.6) is 0 Å². The number of hydrogen-bond donors (Lipinski definition) is 6. The van der Waals surface area contributed by atoms with Crippen molar-refractivity contribution in [2.24, 2.45) is 0 Å². The number of carbonyl (C=O) groups is 4. The van der Waals surface area contributed by atoms with Gasteiger partial charge in [0.25, 0.3) is 0 Å². The summed E-state index contributed by atoms with van der Waals surface area (Å²) in [6.07, 6.45) is -3.47. The molecule has 6 N–H and O–H groups in total. The van der Waals surface area contributed by atoms with Crippen molar-refractivity contribution in [2.75, 3.05) is 33.2 Å². The number of nitrogens with one attached hydrogen (secondary N) is 1. The Kier molecular flexibility index (Phi) is 14.6. The van der Waals surface area contributed by atoms with Crippen LogP contribution in [0, 0.1) is 0 Å². The quantitative estimate of drug-likeness (QED) is 0.133. The lowest BCUT2D eigenvalue weighted by Crippen LogP contribution is -2.59. The number of likely N-dealkylation sites (tertiary alicyclic amines) is 1. The first-order chi connectivity index (χ1) is 26.2. The maximum atomic E-state index is 14.0. The minimum atomic E-state index is -1.58. The first-order valence-electron chi connectivity index (χ1n) is 18.5. The molecule has 0 saturated carbocycles. The predicted molar refractivity (Wildman–Crippen MR) is 191 cm³/mol. The molecule has 17 nitrogen and oxygen atoms in total. The zero-order chi connectivity index (χ0) is 39.9. The zero-order valence-corrected chi connectivity index (χ0v) is 31.2. The monoisotopic (exact) mass is 776 g/mol. The molecule has 55 heavy (non-hydrogen) atoms. The van der Waals surface area contributed by atoms with E-state index in [1.54, 1.807) is 63.3 Å². The molecule has 0 unspecified atom stereocenters. The highest BCUT2D eigenvalue weighted by Crippen LogP contribution is 2.33. The molecule has 3 saturated heterocycles. The van der Waals surface area contributed by atoms with Crippen molar-refractivity contribution in [3.63, 3.8) is 0 Å². The molecular weight excluding hydrogens is 724 g/mol. The fourth-order valence-corrected chi connectivity index (χ4v) is 6.93. The summed E-state index contributed by atoms with van der Waals surface area (Å²) < 4.78 is 33.6. The van der Waals surface area contributed by atoms with E-state index < -0.39 is 104 Å². The minimum absolute atomic E-state index is 0.0000357. The summed E-state index contributed by atoms with van der Waals surface area (Å²) in [5.74, 6) is -2.00. The van der Waals surface area contributed by atoms with Gasteiger partial charge in [-0.3, -0.25) is 14.4 Å². The fraction of sp³-hybridized carbons (Fsp3) is 0.632. The minimum Gasteiger partial charge on any atom is -0.460 e. The van der Waals surface area contributed by atoms with Gasteiger partial charge in [-0.05, 0) is 57.7 Å². The topological polar surface area (TPSA) is 240 Å². The second-order valence-corrected chi connectivity index (χ2v) is 14.9. The fourth-order valence-electron chi connectivity index (χ4n) is 6.93. The Hall–Kier alpha value is -3.78. The molecule has 0 bridgehead atoms. The van der Waals surface area contributed by atoms with E-state index in [2.05, 4.69) is 5.32 Å². The molecule has 1 aliphatic carbocycles. The number of hydrogen-bond acceptors (Lipinski definition) is 15. The molecule has 3 fully saturated rings. The summed E-state index contributed by atoms with van der Waals surface area (Å²) in [5.41, 5.74) is 0.298. The molecule has 5 rings (SSSR count). The Balaban J connectivity index is 1.20. The Labute approximate surface area is 318 Å². The Morgan fingerprint density at radius 3 is 2.55 bits per heavy atom. The Morgan fingerprint density at radius 1 is 1.05 bits per heavy atom. The van der Waals surface area contributed by atoms with Gasteiger partial charge in [-0.1, -0.05) is 30.4 Å². The number of esters is 2. The summed E-state index contributed by atoms with van der Waals surface area (Å²) in [4.78, 5) is 54.6. The Morgan fingerprint density at radius 2 is 1.82 bits per heavy atom. The number of amides is 2. The van der Waals surface area contributed by atoms with Gasteiger partial charge in [-0.25, -0.2) is 4.79 Å². The van der Waals surface area contributed by atoms with Crippen molar-refractivity contribution in [1.29, 1.82) is 0 Å². The molecule has 17 heteroatoms. The van der Waals surface area contributed by atoms with Gasteiger partial charge in [0, 0.05) is 25.0 Å². The van der Waals surface area contributed by atoms with Crippen LogP contribution < -0.4 is 5.32 Å². The van der Waals surface area contributed by atoms with Crippen LogP contribution >= 0.6 is 0 Å². The molecule has 1 aromatic rings. The summed E-state index contributed by atoms with van der Waals surface area (Å²) in [6, 6.07) is 5.08. The van der Waals surface area contributed by atoms with Crippen molar-refractivity contribution in [3.05, 3.63) is 53.1 Å². The number of benzene rings is 1. The van der Waals surface area contributed by atoms with Gasteiger partial charge in [0.2, 0.25) is 11.8 Å². The second-order valence-electron chi connectivity index (χ2n) is 14.9. The molecule has 0 spiro atoms. The number of nitrogens with zero attached hydrogens (tertiary/aromatic N) is 1. The van der Waals surface area contributed by atoms with Gasteiger partial charge in [0.05, 0.1) is 31.4 Å². The lowest BCUT2D eigenvalue weighted by Gasteiger charge is -2.39. The van der Waals surface area contributed by atoms with Crippen LogP contribution in [0.3, 0.4) is 0 Å². The molecule has 0 aromatic heterocycles. The van der Waals surface area contributed by atoms with Crippen LogP contribution in [-0.2, 0) is 42.8 Å². The Bertz CT molecular complexity index is 1570. The lowest BCUT2D eigenvalue weighted by molar-refractivity contribution is -0.298. The summed E-state index contributed by atoms with van der Waals surface area (Å²) in [7, 11) is 0. The van der Waals surface area contributed by atoms with Crippen LogP contribution in [-0.4, -0.2) is 154 Å². The highest BCUT2D eigenvalue weighted by Gasteiger charge is 2.46. The molecule has 1 aromatic carbocycles. The highest BCUT2D eigenvalue weighted by atomic mass is 16.7. The van der Waals surface area contributed by atoms with E-state index in [0.717, 1.165) is 0 Å². The van der Waals surface area contributed by atoms with Gasteiger partial charge in [-0.2, -0.15) is 0 Å².